The monoisotopic (exact) mass is 581 g/mol. The lowest BCUT2D eigenvalue weighted by Gasteiger charge is -2.37. The normalized spacial score (nSPS) is 19.6. The molecule has 0 radical (unpaired) electrons. The van der Waals surface area contributed by atoms with Crippen LogP contribution in [0.5, 0.6) is 0 Å². The van der Waals surface area contributed by atoms with Crippen molar-refractivity contribution >= 4 is 49.9 Å². The number of halogens is 1. The lowest BCUT2D eigenvalue weighted by molar-refractivity contribution is 0.548. The van der Waals surface area contributed by atoms with E-state index in [1.165, 1.54) is 12.4 Å². The van der Waals surface area contributed by atoms with Gasteiger partial charge in [-0.3, -0.25) is 9.59 Å². The minimum absolute atomic E-state index is 0.0467. The molecule has 10 heteroatoms. The molecule has 0 fully saturated rings. The molecular weight excluding hydrogens is 554 g/mol. The second-order valence-electron chi connectivity index (χ2n) is 9.68. The Kier molecular flexibility index (Phi) is 7.26. The average Bonchev–Trinajstić information content (AvgIpc) is 3.37. The molecule has 3 heterocycles. The summed E-state index contributed by atoms with van der Waals surface area (Å²) in [5.74, 6) is 0.798. The number of thioether (sulfide) groups is 1. The molecule has 4 aromatic rings. The summed E-state index contributed by atoms with van der Waals surface area (Å²) in [5.41, 5.74) is 3.04. The van der Waals surface area contributed by atoms with Crippen molar-refractivity contribution in [1.82, 2.24) is 13.5 Å². The number of hydrogen-bond donors (Lipinski definition) is 1. The number of aromatic amines is 1. The lowest BCUT2D eigenvalue weighted by Crippen LogP contribution is -2.48. The van der Waals surface area contributed by atoms with Crippen molar-refractivity contribution in [1.29, 1.82) is 0 Å². The van der Waals surface area contributed by atoms with E-state index in [2.05, 4.69) is 4.98 Å². The highest BCUT2D eigenvalue weighted by Gasteiger charge is 2.49. The summed E-state index contributed by atoms with van der Waals surface area (Å²) in [6, 6.07) is 14.6. The summed E-state index contributed by atoms with van der Waals surface area (Å²) in [6.07, 6.45) is 10.2. The van der Waals surface area contributed by atoms with E-state index in [-0.39, 0.29) is 11.1 Å². The molecule has 0 aliphatic heterocycles. The van der Waals surface area contributed by atoms with Gasteiger partial charge in [-0.1, -0.05) is 42.5 Å². The van der Waals surface area contributed by atoms with Gasteiger partial charge in [0, 0.05) is 47.9 Å². The lowest BCUT2D eigenvalue weighted by atomic mass is 9.85. The Balaban J connectivity index is 1.64. The molecule has 1 aromatic carbocycles. The van der Waals surface area contributed by atoms with Crippen LogP contribution in [0.2, 0.25) is 0 Å². The van der Waals surface area contributed by atoms with Gasteiger partial charge < -0.3 is 9.55 Å². The molecule has 0 spiro atoms. The zero-order chi connectivity index (χ0) is 27.9. The number of fused-ring (bicyclic) bond motifs is 1. The molecule has 5 rings (SSSR count). The van der Waals surface area contributed by atoms with Gasteiger partial charge in [0.1, 0.15) is 10.3 Å². The van der Waals surface area contributed by atoms with Crippen LogP contribution in [0, 0.1) is 0 Å². The number of allylic oxidation sites excluding steroid dienone is 3. The fraction of sp³-hybridized carbons (Fsp3) is 0.241. The van der Waals surface area contributed by atoms with Gasteiger partial charge in [-0.2, -0.15) is 11.8 Å². The fourth-order valence-corrected chi connectivity index (χ4v) is 7.87. The molecule has 202 valence electrons. The molecule has 1 aliphatic rings. The number of hydrogen-bond acceptors (Lipinski definition) is 5. The molecule has 0 saturated carbocycles. The van der Waals surface area contributed by atoms with Crippen LogP contribution < -0.4 is 11.1 Å². The van der Waals surface area contributed by atoms with Crippen molar-refractivity contribution in [2.24, 2.45) is 0 Å². The van der Waals surface area contributed by atoms with Crippen molar-refractivity contribution in [2.45, 2.75) is 30.5 Å². The number of nitrogens with one attached hydrogen (secondary N) is 1. The molecule has 1 aliphatic carbocycles. The maximum Gasteiger partial charge on any atom is 0.273 e. The van der Waals surface area contributed by atoms with Crippen molar-refractivity contribution in [3.8, 4) is 11.1 Å². The largest absolute Gasteiger partial charge is 0.327 e. The summed E-state index contributed by atoms with van der Waals surface area (Å²) in [4.78, 5) is 28.2. The van der Waals surface area contributed by atoms with E-state index in [1.807, 2.05) is 42.8 Å². The number of aromatic nitrogens is 3. The molecule has 0 saturated heterocycles. The van der Waals surface area contributed by atoms with Gasteiger partial charge in [-0.25, -0.2) is 12.4 Å². The van der Waals surface area contributed by atoms with Crippen LogP contribution in [-0.2, 0) is 16.6 Å². The topological polar surface area (TPSA) is 93.9 Å². The minimum atomic E-state index is -4.18. The maximum absolute atomic E-state index is 14.1. The molecule has 39 heavy (non-hydrogen) atoms. The van der Waals surface area contributed by atoms with Crippen LogP contribution in [0.25, 0.3) is 27.6 Å². The Morgan fingerprint density at radius 1 is 1.10 bits per heavy atom. The maximum atomic E-state index is 14.1. The van der Waals surface area contributed by atoms with Crippen LogP contribution in [0.15, 0.2) is 94.4 Å². The smallest absolute Gasteiger partial charge is 0.273 e. The first-order valence-electron chi connectivity index (χ1n) is 12.4. The van der Waals surface area contributed by atoms with E-state index < -0.39 is 25.7 Å². The van der Waals surface area contributed by atoms with Gasteiger partial charge in [-0.15, -0.1) is 11.6 Å². The van der Waals surface area contributed by atoms with Gasteiger partial charge in [0.25, 0.3) is 11.1 Å². The van der Waals surface area contributed by atoms with Gasteiger partial charge in [0.2, 0.25) is 10.0 Å². The fourth-order valence-electron chi connectivity index (χ4n) is 4.97. The first kappa shape index (κ1) is 27.3. The third kappa shape index (κ3) is 4.52. The standard InChI is InChI=1S/C29H28ClN3O4S2/c1-19-15-22(23-17-26(34)32(13-14-38-3)18-24(23)20-7-5-4-6-8-20)16-25(30)29(19,2)39(36,37)33-12-10-21-9-11-31-28(35)27(21)33/h4-12,15-18,25H,13-14H2,1-3H3,(H,31,35). The van der Waals surface area contributed by atoms with Gasteiger partial charge in [0.15, 0.2) is 0 Å². The van der Waals surface area contributed by atoms with E-state index in [4.69, 9.17) is 11.6 Å². The predicted molar refractivity (Wildman–Crippen MR) is 161 cm³/mol. The Hall–Kier alpha value is -3.27. The first-order valence-corrected chi connectivity index (χ1v) is 15.6. The zero-order valence-electron chi connectivity index (χ0n) is 21.7. The number of aryl methyl sites for hydroxylation is 1. The predicted octanol–water partition coefficient (Wildman–Crippen LogP) is 5.11. The molecule has 0 amide bonds. The van der Waals surface area contributed by atoms with E-state index in [0.717, 1.165) is 20.9 Å². The first-order chi connectivity index (χ1) is 18.6. The Morgan fingerprint density at radius 2 is 1.85 bits per heavy atom. The Labute approximate surface area is 235 Å². The quantitative estimate of drug-likeness (QED) is 0.306. The molecule has 2 unspecified atom stereocenters. The molecule has 3 aromatic heterocycles. The van der Waals surface area contributed by atoms with Gasteiger partial charge >= 0.3 is 0 Å². The van der Waals surface area contributed by atoms with Gasteiger partial charge in [-0.05, 0) is 54.5 Å². The third-order valence-corrected chi connectivity index (χ3v) is 11.2. The summed E-state index contributed by atoms with van der Waals surface area (Å²) in [7, 11) is -4.18. The van der Waals surface area contributed by atoms with Crippen molar-refractivity contribution in [3.63, 3.8) is 0 Å². The third-order valence-electron chi connectivity index (χ3n) is 7.44. The summed E-state index contributed by atoms with van der Waals surface area (Å²) < 4.78 is 29.3. The Bertz CT molecular complexity index is 1850. The van der Waals surface area contributed by atoms with E-state index >= 15 is 0 Å². The second-order valence-corrected chi connectivity index (χ2v) is 13.3. The Morgan fingerprint density at radius 3 is 2.54 bits per heavy atom. The molecule has 0 bridgehead atoms. The second kappa shape index (κ2) is 10.4. The highest BCUT2D eigenvalue weighted by atomic mass is 35.5. The van der Waals surface area contributed by atoms with Crippen molar-refractivity contribution in [3.05, 3.63) is 111 Å². The number of alkyl halides is 1. The van der Waals surface area contributed by atoms with E-state index in [1.54, 1.807) is 60.5 Å². The van der Waals surface area contributed by atoms with Crippen LogP contribution in [0.1, 0.15) is 19.4 Å². The van der Waals surface area contributed by atoms with Crippen LogP contribution in [0.4, 0.5) is 0 Å². The van der Waals surface area contributed by atoms with E-state index in [0.29, 0.717) is 28.6 Å². The number of H-pyrrole nitrogens is 1. The molecule has 7 nitrogen and oxygen atoms in total. The highest BCUT2D eigenvalue weighted by Crippen LogP contribution is 2.43. The number of nitrogens with zero attached hydrogens (tertiary/aromatic N) is 2. The number of rotatable bonds is 7. The zero-order valence-corrected chi connectivity index (χ0v) is 24.1. The van der Waals surface area contributed by atoms with Crippen LogP contribution >= 0.6 is 23.4 Å². The summed E-state index contributed by atoms with van der Waals surface area (Å²) in [6.45, 7) is 3.87. The summed E-state index contributed by atoms with van der Waals surface area (Å²) >= 11 is 8.58. The number of benzene rings is 1. The van der Waals surface area contributed by atoms with Crippen LogP contribution in [0.3, 0.4) is 0 Å². The van der Waals surface area contributed by atoms with Crippen molar-refractivity contribution < 1.29 is 8.42 Å². The average molecular weight is 582 g/mol. The molecule has 1 N–H and O–H groups in total. The van der Waals surface area contributed by atoms with Gasteiger partial charge in [0.05, 0.1) is 5.38 Å². The molecular formula is C29H28ClN3O4S2. The highest BCUT2D eigenvalue weighted by molar-refractivity contribution is 7.98. The number of pyridine rings is 2. The van der Waals surface area contributed by atoms with Crippen LogP contribution in [-0.4, -0.2) is 44.1 Å². The minimum Gasteiger partial charge on any atom is -0.327 e. The van der Waals surface area contributed by atoms with E-state index in [9.17, 15) is 18.0 Å². The van der Waals surface area contributed by atoms with Crippen molar-refractivity contribution in [2.75, 3.05) is 12.0 Å². The molecule has 2 atom stereocenters. The SMILES string of the molecule is CSCCn1cc(-c2ccccc2)c(C2=CC(Cl)C(C)(S(=O)(=O)n3ccc4cc[nH]c(=O)c43)C(C)=C2)cc1=O. The summed E-state index contributed by atoms with van der Waals surface area (Å²) in [5, 5.41) is -0.467.